The molecule has 0 aliphatic carbocycles. The molecular formula is C15H16BrN3OS. The van der Waals surface area contributed by atoms with Crippen LogP contribution in [0.25, 0.3) is 0 Å². The normalized spacial score (nSPS) is 13.7. The predicted octanol–water partition coefficient (Wildman–Crippen LogP) is 3.61. The SMILES string of the molecule is CN(Cc1csc(Br)c1)c1cc2c(cc1N)CCC(=O)N2. The van der Waals surface area contributed by atoms with Gasteiger partial charge in [0.15, 0.2) is 0 Å². The molecule has 0 saturated heterocycles. The lowest BCUT2D eigenvalue weighted by molar-refractivity contribution is -0.116. The average molecular weight is 366 g/mol. The number of hydrogen-bond donors (Lipinski definition) is 2. The molecular weight excluding hydrogens is 350 g/mol. The Morgan fingerprint density at radius 3 is 2.90 bits per heavy atom. The van der Waals surface area contributed by atoms with Crippen molar-refractivity contribution in [3.05, 3.63) is 38.5 Å². The summed E-state index contributed by atoms with van der Waals surface area (Å²) in [6.07, 6.45) is 1.29. The van der Waals surface area contributed by atoms with Gasteiger partial charge in [0.1, 0.15) is 0 Å². The fourth-order valence-corrected chi connectivity index (χ4v) is 3.75. The average Bonchev–Trinajstić information content (AvgIpc) is 2.83. The van der Waals surface area contributed by atoms with Crippen LogP contribution in [0.4, 0.5) is 17.1 Å². The number of benzene rings is 1. The zero-order chi connectivity index (χ0) is 15.0. The van der Waals surface area contributed by atoms with E-state index in [0.29, 0.717) is 6.42 Å². The second-order valence-electron chi connectivity index (χ2n) is 5.23. The Hall–Kier alpha value is -1.53. The number of amides is 1. The van der Waals surface area contributed by atoms with E-state index in [1.54, 1.807) is 11.3 Å². The molecule has 0 radical (unpaired) electrons. The number of nitrogens with two attached hydrogens (primary N) is 1. The van der Waals surface area contributed by atoms with E-state index in [1.165, 1.54) is 5.56 Å². The van der Waals surface area contributed by atoms with Gasteiger partial charge in [-0.05, 0) is 57.1 Å². The monoisotopic (exact) mass is 365 g/mol. The Balaban J connectivity index is 1.87. The highest BCUT2D eigenvalue weighted by Gasteiger charge is 2.18. The molecule has 21 heavy (non-hydrogen) atoms. The fourth-order valence-electron chi connectivity index (χ4n) is 2.55. The lowest BCUT2D eigenvalue weighted by Gasteiger charge is -2.25. The quantitative estimate of drug-likeness (QED) is 0.816. The summed E-state index contributed by atoms with van der Waals surface area (Å²) in [4.78, 5) is 13.6. The molecule has 0 atom stereocenters. The van der Waals surface area contributed by atoms with E-state index < -0.39 is 0 Å². The summed E-state index contributed by atoms with van der Waals surface area (Å²) in [5.41, 5.74) is 11.1. The van der Waals surface area contributed by atoms with Crippen molar-refractivity contribution in [2.24, 2.45) is 0 Å². The van der Waals surface area contributed by atoms with E-state index >= 15 is 0 Å². The Labute approximate surface area is 136 Å². The highest BCUT2D eigenvalue weighted by atomic mass is 79.9. The fraction of sp³-hybridized carbons (Fsp3) is 0.267. The zero-order valence-corrected chi connectivity index (χ0v) is 14.1. The van der Waals surface area contributed by atoms with Crippen LogP contribution in [0.1, 0.15) is 17.5 Å². The number of nitrogen functional groups attached to an aromatic ring is 1. The van der Waals surface area contributed by atoms with Crippen molar-refractivity contribution in [3.63, 3.8) is 0 Å². The lowest BCUT2D eigenvalue weighted by Crippen LogP contribution is -2.22. The van der Waals surface area contributed by atoms with Crippen LogP contribution in [0.3, 0.4) is 0 Å². The number of aryl methyl sites for hydroxylation is 1. The van der Waals surface area contributed by atoms with Crippen LogP contribution in [0.5, 0.6) is 0 Å². The number of anilines is 3. The summed E-state index contributed by atoms with van der Waals surface area (Å²) < 4.78 is 1.12. The lowest BCUT2D eigenvalue weighted by atomic mass is 10.0. The summed E-state index contributed by atoms with van der Waals surface area (Å²) in [6, 6.07) is 6.06. The van der Waals surface area contributed by atoms with Crippen molar-refractivity contribution in [1.82, 2.24) is 0 Å². The molecule has 3 N–H and O–H groups in total. The van der Waals surface area contributed by atoms with E-state index in [0.717, 1.165) is 39.4 Å². The van der Waals surface area contributed by atoms with Crippen LogP contribution >= 0.6 is 27.3 Å². The summed E-state index contributed by atoms with van der Waals surface area (Å²) in [5, 5.41) is 5.05. The van der Waals surface area contributed by atoms with Gasteiger partial charge in [0.05, 0.1) is 15.2 Å². The van der Waals surface area contributed by atoms with Crippen LogP contribution in [-0.4, -0.2) is 13.0 Å². The largest absolute Gasteiger partial charge is 0.397 e. The van der Waals surface area contributed by atoms with Gasteiger partial charge in [-0.15, -0.1) is 11.3 Å². The third-order valence-corrected chi connectivity index (χ3v) is 5.15. The van der Waals surface area contributed by atoms with Crippen molar-refractivity contribution >= 4 is 50.2 Å². The third-order valence-electron chi connectivity index (χ3n) is 3.60. The van der Waals surface area contributed by atoms with Crippen LogP contribution in [-0.2, 0) is 17.8 Å². The van der Waals surface area contributed by atoms with Gasteiger partial charge >= 0.3 is 0 Å². The van der Waals surface area contributed by atoms with Crippen molar-refractivity contribution in [2.75, 3.05) is 23.0 Å². The van der Waals surface area contributed by atoms with Gasteiger partial charge in [-0.1, -0.05) is 0 Å². The second kappa shape index (κ2) is 5.69. The van der Waals surface area contributed by atoms with Crippen molar-refractivity contribution in [2.45, 2.75) is 19.4 Å². The first-order valence-electron chi connectivity index (χ1n) is 6.69. The zero-order valence-electron chi connectivity index (χ0n) is 11.6. The molecule has 1 amide bonds. The number of hydrogen-bond acceptors (Lipinski definition) is 4. The van der Waals surface area contributed by atoms with Crippen LogP contribution in [0.15, 0.2) is 27.4 Å². The standard InChI is InChI=1S/C15H16BrN3OS/c1-19(7-9-4-14(16)21-8-9)13-6-12-10(5-11(13)17)2-3-15(20)18-12/h4-6,8H,2-3,7,17H2,1H3,(H,18,20). The highest BCUT2D eigenvalue weighted by Crippen LogP contribution is 2.34. The topological polar surface area (TPSA) is 58.4 Å². The molecule has 0 spiro atoms. The van der Waals surface area contributed by atoms with Gasteiger partial charge in [-0.2, -0.15) is 0 Å². The molecule has 1 aromatic heterocycles. The van der Waals surface area contributed by atoms with Crippen molar-refractivity contribution < 1.29 is 4.79 Å². The van der Waals surface area contributed by atoms with Gasteiger partial charge in [0.25, 0.3) is 0 Å². The van der Waals surface area contributed by atoms with Gasteiger partial charge in [-0.3, -0.25) is 4.79 Å². The Morgan fingerprint density at radius 1 is 1.38 bits per heavy atom. The Kier molecular flexibility index (Phi) is 3.91. The summed E-state index contributed by atoms with van der Waals surface area (Å²) >= 11 is 5.15. The molecule has 2 heterocycles. The number of halogens is 1. The smallest absolute Gasteiger partial charge is 0.224 e. The van der Waals surface area contributed by atoms with Crippen molar-refractivity contribution in [3.8, 4) is 0 Å². The summed E-state index contributed by atoms with van der Waals surface area (Å²) in [5.74, 6) is 0.0719. The van der Waals surface area contributed by atoms with Crippen LogP contribution < -0.4 is 16.0 Å². The van der Waals surface area contributed by atoms with Gasteiger partial charge in [0.2, 0.25) is 5.91 Å². The van der Waals surface area contributed by atoms with E-state index in [9.17, 15) is 4.79 Å². The number of carbonyl (C=O) groups is 1. The predicted molar refractivity (Wildman–Crippen MR) is 91.9 cm³/mol. The number of carbonyl (C=O) groups excluding carboxylic acids is 1. The first kappa shape index (κ1) is 14.4. The minimum absolute atomic E-state index is 0.0719. The molecule has 1 aromatic carbocycles. The molecule has 2 aromatic rings. The maximum atomic E-state index is 11.5. The van der Waals surface area contributed by atoms with Crippen LogP contribution in [0.2, 0.25) is 0 Å². The van der Waals surface area contributed by atoms with Gasteiger partial charge in [0, 0.05) is 25.7 Å². The minimum atomic E-state index is 0.0719. The molecule has 3 rings (SSSR count). The van der Waals surface area contributed by atoms with Crippen molar-refractivity contribution in [1.29, 1.82) is 0 Å². The first-order chi connectivity index (χ1) is 10.0. The molecule has 0 saturated carbocycles. The maximum absolute atomic E-state index is 11.5. The Bertz CT molecular complexity index is 698. The first-order valence-corrected chi connectivity index (χ1v) is 8.36. The van der Waals surface area contributed by atoms with Gasteiger partial charge < -0.3 is 16.0 Å². The highest BCUT2D eigenvalue weighted by molar-refractivity contribution is 9.11. The van der Waals surface area contributed by atoms with E-state index in [1.807, 2.05) is 19.2 Å². The molecule has 1 aliphatic heterocycles. The number of rotatable bonds is 3. The second-order valence-corrected chi connectivity index (χ2v) is 7.52. The number of thiophene rings is 1. The van der Waals surface area contributed by atoms with Crippen LogP contribution in [0, 0.1) is 0 Å². The molecule has 1 aliphatic rings. The van der Waals surface area contributed by atoms with E-state index in [-0.39, 0.29) is 5.91 Å². The number of nitrogens with one attached hydrogen (secondary N) is 1. The number of fused-ring (bicyclic) bond motifs is 1. The molecule has 0 bridgehead atoms. The van der Waals surface area contributed by atoms with Gasteiger partial charge in [-0.25, -0.2) is 0 Å². The molecule has 6 heteroatoms. The summed E-state index contributed by atoms with van der Waals surface area (Å²) in [6.45, 7) is 0.777. The molecule has 0 unspecified atom stereocenters. The van der Waals surface area contributed by atoms with E-state index in [2.05, 4.69) is 37.6 Å². The Morgan fingerprint density at radius 2 is 2.19 bits per heavy atom. The minimum Gasteiger partial charge on any atom is -0.397 e. The molecule has 110 valence electrons. The molecule has 4 nitrogen and oxygen atoms in total. The molecule has 0 fully saturated rings. The number of nitrogens with zero attached hydrogens (tertiary/aromatic N) is 1. The third kappa shape index (κ3) is 3.06. The van der Waals surface area contributed by atoms with E-state index in [4.69, 9.17) is 5.73 Å². The summed E-state index contributed by atoms with van der Waals surface area (Å²) in [7, 11) is 2.01. The maximum Gasteiger partial charge on any atom is 0.224 e.